The van der Waals surface area contributed by atoms with Gasteiger partial charge in [-0.3, -0.25) is 4.79 Å². The number of benzene rings is 1. The van der Waals surface area contributed by atoms with Crippen molar-refractivity contribution in [1.29, 1.82) is 0 Å². The summed E-state index contributed by atoms with van der Waals surface area (Å²) in [7, 11) is 1.62. The molecule has 4 heteroatoms. The van der Waals surface area contributed by atoms with Crippen LogP contribution in [0.3, 0.4) is 0 Å². The van der Waals surface area contributed by atoms with E-state index in [2.05, 4.69) is 19.2 Å². The van der Waals surface area contributed by atoms with Crippen molar-refractivity contribution in [2.45, 2.75) is 52.0 Å². The lowest BCUT2D eigenvalue weighted by Gasteiger charge is -2.29. The molecule has 2 rings (SSSR count). The minimum absolute atomic E-state index is 0.0287. The van der Waals surface area contributed by atoms with Crippen LogP contribution in [0.25, 0.3) is 6.08 Å². The summed E-state index contributed by atoms with van der Waals surface area (Å²) in [6, 6.07) is 6.00. The van der Waals surface area contributed by atoms with E-state index in [0.717, 1.165) is 24.2 Å². The zero-order chi connectivity index (χ0) is 17.4. The number of methoxy groups -OCH3 is 1. The third-order valence-electron chi connectivity index (χ3n) is 4.52. The molecule has 1 fully saturated rings. The van der Waals surface area contributed by atoms with Crippen molar-refractivity contribution in [3.63, 3.8) is 0 Å². The Morgan fingerprint density at radius 3 is 2.79 bits per heavy atom. The molecule has 4 nitrogen and oxygen atoms in total. The molecule has 2 atom stereocenters. The van der Waals surface area contributed by atoms with Crippen molar-refractivity contribution in [1.82, 2.24) is 5.32 Å². The Morgan fingerprint density at radius 2 is 2.08 bits per heavy atom. The molecule has 132 valence electrons. The van der Waals surface area contributed by atoms with Crippen molar-refractivity contribution in [2.24, 2.45) is 5.92 Å². The lowest BCUT2D eigenvalue weighted by Crippen LogP contribution is -2.40. The average molecular weight is 331 g/mol. The van der Waals surface area contributed by atoms with E-state index in [1.807, 2.05) is 24.3 Å². The zero-order valence-corrected chi connectivity index (χ0v) is 15.0. The molecule has 1 aliphatic carbocycles. The highest BCUT2D eigenvalue weighted by Crippen LogP contribution is 2.28. The zero-order valence-electron chi connectivity index (χ0n) is 15.0. The van der Waals surface area contributed by atoms with Crippen LogP contribution in [0.5, 0.6) is 11.5 Å². The van der Waals surface area contributed by atoms with Crippen LogP contribution in [0.15, 0.2) is 24.3 Å². The van der Waals surface area contributed by atoms with Crippen molar-refractivity contribution >= 4 is 12.0 Å². The van der Waals surface area contributed by atoms with E-state index in [4.69, 9.17) is 9.47 Å². The summed E-state index contributed by atoms with van der Waals surface area (Å²) in [4.78, 5) is 12.1. The van der Waals surface area contributed by atoms with E-state index in [9.17, 15) is 4.79 Å². The minimum Gasteiger partial charge on any atom is -0.493 e. The van der Waals surface area contributed by atoms with Crippen molar-refractivity contribution < 1.29 is 14.3 Å². The van der Waals surface area contributed by atoms with Gasteiger partial charge in [-0.2, -0.15) is 0 Å². The van der Waals surface area contributed by atoms with Crippen LogP contribution in [-0.2, 0) is 4.79 Å². The molecular weight excluding hydrogens is 302 g/mol. The van der Waals surface area contributed by atoms with E-state index >= 15 is 0 Å². The van der Waals surface area contributed by atoms with Gasteiger partial charge in [0.2, 0.25) is 5.91 Å². The van der Waals surface area contributed by atoms with Gasteiger partial charge in [-0.1, -0.05) is 32.8 Å². The third kappa shape index (κ3) is 5.29. The Labute approximate surface area is 145 Å². The van der Waals surface area contributed by atoms with Crippen molar-refractivity contribution in [2.75, 3.05) is 13.7 Å². The highest BCUT2D eigenvalue weighted by Gasteiger charge is 2.21. The summed E-state index contributed by atoms with van der Waals surface area (Å²) >= 11 is 0. The molecular formula is C20H29NO3. The van der Waals surface area contributed by atoms with E-state index in [1.165, 1.54) is 19.3 Å². The van der Waals surface area contributed by atoms with Gasteiger partial charge in [0.05, 0.1) is 13.7 Å². The molecule has 0 aliphatic heterocycles. The van der Waals surface area contributed by atoms with Gasteiger partial charge >= 0.3 is 0 Å². The van der Waals surface area contributed by atoms with Crippen LogP contribution in [0, 0.1) is 5.92 Å². The van der Waals surface area contributed by atoms with Crippen LogP contribution in [-0.4, -0.2) is 25.7 Å². The molecule has 0 aromatic heterocycles. The van der Waals surface area contributed by atoms with Gasteiger partial charge in [-0.25, -0.2) is 0 Å². The lowest BCUT2D eigenvalue weighted by atomic mass is 9.86. The highest BCUT2D eigenvalue weighted by atomic mass is 16.5. The molecule has 0 spiro atoms. The quantitative estimate of drug-likeness (QED) is 0.762. The molecule has 0 unspecified atom stereocenters. The van der Waals surface area contributed by atoms with Crippen molar-refractivity contribution in [3.05, 3.63) is 29.8 Å². The Balaban J connectivity index is 1.96. The maximum atomic E-state index is 12.1. The third-order valence-corrected chi connectivity index (χ3v) is 4.52. The van der Waals surface area contributed by atoms with E-state index < -0.39 is 0 Å². The maximum absolute atomic E-state index is 12.1. The summed E-state index contributed by atoms with van der Waals surface area (Å²) in [6.45, 7) is 4.94. The fourth-order valence-corrected chi connectivity index (χ4v) is 3.05. The number of ether oxygens (including phenoxy) is 2. The molecule has 24 heavy (non-hydrogen) atoms. The van der Waals surface area contributed by atoms with Crippen LogP contribution in [0.4, 0.5) is 0 Å². The number of carbonyl (C=O) groups is 1. The molecule has 0 saturated heterocycles. The van der Waals surface area contributed by atoms with Gasteiger partial charge in [0.25, 0.3) is 0 Å². The largest absolute Gasteiger partial charge is 0.493 e. The summed E-state index contributed by atoms with van der Waals surface area (Å²) in [5.41, 5.74) is 0.919. The smallest absolute Gasteiger partial charge is 0.244 e. The first kappa shape index (κ1) is 18.4. The van der Waals surface area contributed by atoms with Gasteiger partial charge in [-0.05, 0) is 49.0 Å². The number of amides is 1. The number of carbonyl (C=O) groups excluding carboxylic acids is 1. The van der Waals surface area contributed by atoms with Crippen molar-refractivity contribution in [3.8, 4) is 11.5 Å². The second-order valence-corrected chi connectivity index (χ2v) is 6.47. The minimum atomic E-state index is -0.0287. The van der Waals surface area contributed by atoms with Crippen LogP contribution in [0.2, 0.25) is 0 Å². The molecule has 0 radical (unpaired) electrons. The molecule has 1 N–H and O–H groups in total. The van der Waals surface area contributed by atoms with Gasteiger partial charge in [0.15, 0.2) is 11.5 Å². The Kier molecular flexibility index (Phi) is 7.16. The topological polar surface area (TPSA) is 47.6 Å². The van der Waals surface area contributed by atoms with Crippen LogP contribution in [0.1, 0.15) is 51.5 Å². The molecule has 1 aromatic carbocycles. The fourth-order valence-electron chi connectivity index (χ4n) is 3.05. The summed E-state index contributed by atoms with van der Waals surface area (Å²) in [6.07, 6.45) is 9.12. The molecule has 1 aliphatic rings. The van der Waals surface area contributed by atoms with Gasteiger partial charge in [-0.15, -0.1) is 0 Å². The number of rotatable bonds is 7. The first-order valence-electron chi connectivity index (χ1n) is 8.93. The van der Waals surface area contributed by atoms with Crippen LogP contribution >= 0.6 is 0 Å². The van der Waals surface area contributed by atoms with E-state index in [0.29, 0.717) is 24.3 Å². The molecule has 1 aromatic rings. The molecule has 0 heterocycles. The SMILES string of the molecule is CCCOc1ccc(/C=C/C(=O)N[C@H]2CCCC[C@H]2C)cc1OC. The predicted molar refractivity (Wildman–Crippen MR) is 97.4 cm³/mol. The highest BCUT2D eigenvalue weighted by molar-refractivity contribution is 5.92. The Hall–Kier alpha value is -1.97. The Bertz CT molecular complexity index is 568. The van der Waals surface area contributed by atoms with E-state index in [-0.39, 0.29) is 5.91 Å². The summed E-state index contributed by atoms with van der Waals surface area (Å²) in [5, 5.41) is 3.13. The number of hydrogen-bond donors (Lipinski definition) is 1. The summed E-state index contributed by atoms with van der Waals surface area (Å²) in [5.74, 6) is 1.95. The number of hydrogen-bond acceptors (Lipinski definition) is 3. The second-order valence-electron chi connectivity index (χ2n) is 6.47. The van der Waals surface area contributed by atoms with Crippen LogP contribution < -0.4 is 14.8 Å². The lowest BCUT2D eigenvalue weighted by molar-refractivity contribution is -0.117. The first-order chi connectivity index (χ1) is 11.6. The second kappa shape index (κ2) is 9.36. The predicted octanol–water partition coefficient (Wildman–Crippen LogP) is 4.19. The molecule has 1 saturated carbocycles. The van der Waals surface area contributed by atoms with Gasteiger partial charge in [0, 0.05) is 12.1 Å². The van der Waals surface area contributed by atoms with Gasteiger partial charge in [0.1, 0.15) is 0 Å². The monoisotopic (exact) mass is 331 g/mol. The first-order valence-corrected chi connectivity index (χ1v) is 8.93. The molecule has 0 bridgehead atoms. The fraction of sp³-hybridized carbons (Fsp3) is 0.550. The standard InChI is InChI=1S/C20H29NO3/c1-4-13-24-18-11-9-16(14-19(18)23-3)10-12-20(22)21-17-8-6-5-7-15(17)2/h9-12,14-15,17H,4-8,13H2,1-3H3,(H,21,22)/b12-10+/t15-,17+/m1/s1. The summed E-state index contributed by atoms with van der Waals surface area (Å²) < 4.78 is 11.0. The Morgan fingerprint density at radius 1 is 1.29 bits per heavy atom. The molecule has 1 amide bonds. The average Bonchev–Trinajstić information content (AvgIpc) is 2.60. The van der Waals surface area contributed by atoms with Gasteiger partial charge < -0.3 is 14.8 Å². The normalized spacial score (nSPS) is 20.8. The van der Waals surface area contributed by atoms with E-state index in [1.54, 1.807) is 13.2 Å². The number of nitrogens with one attached hydrogen (secondary N) is 1. The maximum Gasteiger partial charge on any atom is 0.244 e.